The van der Waals surface area contributed by atoms with Crippen LogP contribution in [0.3, 0.4) is 0 Å². The van der Waals surface area contributed by atoms with Crippen LogP contribution in [0, 0.1) is 6.92 Å². The van der Waals surface area contributed by atoms with Gasteiger partial charge in [-0.2, -0.15) is 0 Å². The number of para-hydroxylation sites is 1. The molecule has 1 aliphatic heterocycles. The van der Waals surface area contributed by atoms with E-state index in [4.69, 9.17) is 9.47 Å². The molecule has 0 bridgehead atoms. The maximum atomic E-state index is 13.3. The van der Waals surface area contributed by atoms with Gasteiger partial charge in [-0.25, -0.2) is 17.9 Å². The van der Waals surface area contributed by atoms with Crippen LogP contribution in [0.25, 0.3) is 0 Å². The molecule has 0 aromatic heterocycles. The van der Waals surface area contributed by atoms with Crippen molar-refractivity contribution in [2.45, 2.75) is 62.0 Å². The Bertz CT molecular complexity index is 1060. The minimum atomic E-state index is -3.85. The number of benzene rings is 2. The van der Waals surface area contributed by atoms with E-state index in [-0.39, 0.29) is 22.1 Å². The fourth-order valence-corrected chi connectivity index (χ4v) is 5.82. The molecule has 1 fully saturated rings. The van der Waals surface area contributed by atoms with Gasteiger partial charge >= 0.3 is 5.97 Å². The number of carbonyl (C=O) groups excluding carboxylic acids is 1. The molecule has 0 unspecified atom stereocenters. The molecule has 1 saturated carbocycles. The normalized spacial score (nSPS) is 20.3. The number of carbonyl (C=O) groups is 1. The van der Waals surface area contributed by atoms with Gasteiger partial charge in [-0.15, -0.1) is 0 Å². The molecular formula is C23H27NO5S. The quantitative estimate of drug-likeness (QED) is 0.734. The van der Waals surface area contributed by atoms with Crippen LogP contribution in [-0.2, 0) is 14.8 Å². The third-order valence-electron chi connectivity index (χ3n) is 6.18. The number of ether oxygens (including phenoxy) is 2. The Hall–Kier alpha value is -2.38. The average molecular weight is 430 g/mol. The van der Waals surface area contributed by atoms with Crippen LogP contribution in [0.2, 0.25) is 0 Å². The van der Waals surface area contributed by atoms with Gasteiger partial charge in [0, 0.05) is 12.0 Å². The predicted molar refractivity (Wildman–Crippen MR) is 113 cm³/mol. The fourth-order valence-electron chi connectivity index (χ4n) is 4.58. The molecule has 1 atom stereocenters. The summed E-state index contributed by atoms with van der Waals surface area (Å²) in [7, 11) is -2.57. The van der Waals surface area contributed by atoms with Crippen LogP contribution < -0.4 is 9.46 Å². The zero-order chi connectivity index (χ0) is 21.4. The molecule has 7 heteroatoms. The number of hydrogen-bond acceptors (Lipinski definition) is 5. The number of rotatable bonds is 4. The molecule has 6 nitrogen and oxygen atoms in total. The molecule has 1 N–H and O–H groups in total. The molecule has 1 aliphatic carbocycles. The fraction of sp³-hybridized carbons (Fsp3) is 0.435. The van der Waals surface area contributed by atoms with E-state index in [2.05, 4.69) is 4.72 Å². The minimum absolute atomic E-state index is 0.0511. The molecule has 1 spiro atoms. The Morgan fingerprint density at radius 1 is 1.13 bits per heavy atom. The lowest BCUT2D eigenvalue weighted by Gasteiger charge is -2.44. The molecule has 2 aliphatic rings. The van der Waals surface area contributed by atoms with Crippen molar-refractivity contribution in [1.29, 1.82) is 0 Å². The number of methoxy groups -OCH3 is 1. The zero-order valence-corrected chi connectivity index (χ0v) is 18.1. The lowest BCUT2D eigenvalue weighted by Crippen LogP contribution is -2.46. The summed E-state index contributed by atoms with van der Waals surface area (Å²) in [5, 5.41) is 0. The largest absolute Gasteiger partial charge is 0.487 e. The van der Waals surface area contributed by atoms with E-state index in [9.17, 15) is 13.2 Å². The SMILES string of the molecule is COC(=O)c1cc(S(=O)(=O)N[C@@H]2CC3(CCCCC3)Oc3ccccc32)ccc1C. The molecule has 1 heterocycles. The maximum absolute atomic E-state index is 13.3. The number of sulfonamides is 1. The third-order valence-corrected chi connectivity index (χ3v) is 7.65. The predicted octanol–water partition coefficient (Wildman–Crippen LogP) is 4.29. The number of nitrogens with one attached hydrogen (secondary N) is 1. The van der Waals surface area contributed by atoms with Gasteiger partial charge in [-0.05, 0) is 56.4 Å². The monoisotopic (exact) mass is 429 g/mol. The van der Waals surface area contributed by atoms with Gasteiger partial charge < -0.3 is 9.47 Å². The summed E-state index contributed by atoms with van der Waals surface area (Å²) in [4.78, 5) is 12.1. The molecule has 0 radical (unpaired) electrons. The highest BCUT2D eigenvalue weighted by Crippen LogP contribution is 2.46. The summed E-state index contributed by atoms with van der Waals surface area (Å²) in [5.74, 6) is 0.194. The highest BCUT2D eigenvalue weighted by atomic mass is 32.2. The Balaban J connectivity index is 1.68. The third kappa shape index (κ3) is 3.96. The minimum Gasteiger partial charge on any atom is -0.487 e. The highest BCUT2D eigenvalue weighted by Gasteiger charge is 2.43. The highest BCUT2D eigenvalue weighted by molar-refractivity contribution is 7.89. The molecular weight excluding hydrogens is 402 g/mol. The Morgan fingerprint density at radius 2 is 1.87 bits per heavy atom. The van der Waals surface area contributed by atoms with Gasteiger partial charge in [-0.3, -0.25) is 0 Å². The zero-order valence-electron chi connectivity index (χ0n) is 17.3. The first kappa shape index (κ1) is 20.9. The Morgan fingerprint density at radius 3 is 2.60 bits per heavy atom. The van der Waals surface area contributed by atoms with Crippen LogP contribution >= 0.6 is 0 Å². The van der Waals surface area contributed by atoms with Crippen LogP contribution in [0.15, 0.2) is 47.4 Å². The average Bonchev–Trinajstić information content (AvgIpc) is 2.73. The van der Waals surface area contributed by atoms with E-state index in [1.807, 2.05) is 24.3 Å². The van der Waals surface area contributed by atoms with Gasteiger partial charge in [0.1, 0.15) is 11.4 Å². The van der Waals surface area contributed by atoms with E-state index in [0.29, 0.717) is 12.0 Å². The maximum Gasteiger partial charge on any atom is 0.338 e. The van der Waals surface area contributed by atoms with E-state index >= 15 is 0 Å². The van der Waals surface area contributed by atoms with Gasteiger partial charge in [-0.1, -0.05) is 30.7 Å². The van der Waals surface area contributed by atoms with Gasteiger partial charge in [0.05, 0.1) is 23.6 Å². The second kappa shape index (κ2) is 8.04. The summed E-state index contributed by atoms with van der Waals surface area (Å²) in [6.45, 7) is 1.75. The van der Waals surface area contributed by atoms with Crippen molar-refractivity contribution in [3.63, 3.8) is 0 Å². The Labute approximate surface area is 177 Å². The van der Waals surface area contributed by atoms with E-state index in [0.717, 1.165) is 37.0 Å². The van der Waals surface area contributed by atoms with Crippen molar-refractivity contribution in [3.05, 3.63) is 59.2 Å². The van der Waals surface area contributed by atoms with Crippen molar-refractivity contribution in [2.24, 2.45) is 0 Å². The summed E-state index contributed by atoms with van der Waals surface area (Å²) in [6, 6.07) is 11.8. The van der Waals surface area contributed by atoms with E-state index in [1.165, 1.54) is 25.7 Å². The van der Waals surface area contributed by atoms with Crippen LogP contribution in [0.4, 0.5) is 0 Å². The summed E-state index contributed by atoms with van der Waals surface area (Å²) in [6.07, 6.45) is 5.80. The van der Waals surface area contributed by atoms with Crippen molar-refractivity contribution >= 4 is 16.0 Å². The first-order valence-corrected chi connectivity index (χ1v) is 11.8. The molecule has 4 rings (SSSR count). The number of aryl methyl sites for hydroxylation is 1. The van der Waals surface area contributed by atoms with E-state index in [1.54, 1.807) is 13.0 Å². The smallest absolute Gasteiger partial charge is 0.338 e. The molecule has 30 heavy (non-hydrogen) atoms. The first-order valence-electron chi connectivity index (χ1n) is 10.3. The van der Waals surface area contributed by atoms with Gasteiger partial charge in [0.25, 0.3) is 0 Å². The van der Waals surface area contributed by atoms with Crippen LogP contribution in [0.5, 0.6) is 5.75 Å². The number of esters is 1. The van der Waals surface area contributed by atoms with Crippen LogP contribution in [0.1, 0.15) is 66.1 Å². The summed E-state index contributed by atoms with van der Waals surface area (Å²) in [5.41, 5.74) is 1.43. The summed E-state index contributed by atoms with van der Waals surface area (Å²) < 4.78 is 40.6. The number of hydrogen-bond donors (Lipinski definition) is 1. The van der Waals surface area contributed by atoms with E-state index < -0.39 is 16.0 Å². The second-order valence-corrected chi connectivity index (χ2v) is 9.94. The summed E-state index contributed by atoms with van der Waals surface area (Å²) >= 11 is 0. The lowest BCUT2D eigenvalue weighted by atomic mass is 9.77. The number of fused-ring (bicyclic) bond motifs is 1. The molecule has 160 valence electrons. The molecule has 2 aromatic carbocycles. The van der Waals surface area contributed by atoms with Crippen LogP contribution in [-0.4, -0.2) is 27.1 Å². The standard InChI is InChI=1S/C23H27NO5S/c1-16-10-11-17(14-19(16)22(25)28-2)30(26,27)24-20-15-23(12-6-3-7-13-23)29-21-9-5-4-8-18(20)21/h4-5,8-11,14,20,24H,3,6-7,12-13,15H2,1-2H3/t20-/m1/s1. The van der Waals surface area contributed by atoms with Crippen molar-refractivity contribution in [2.75, 3.05) is 7.11 Å². The Kier molecular flexibility index (Phi) is 5.59. The van der Waals surface area contributed by atoms with Crippen molar-refractivity contribution in [3.8, 4) is 5.75 Å². The second-order valence-electron chi connectivity index (χ2n) is 8.23. The molecule has 0 saturated heterocycles. The molecule has 2 aromatic rings. The van der Waals surface area contributed by atoms with Crippen molar-refractivity contribution < 1.29 is 22.7 Å². The molecule has 0 amide bonds. The van der Waals surface area contributed by atoms with Gasteiger partial charge in [0.15, 0.2) is 0 Å². The van der Waals surface area contributed by atoms with Crippen molar-refractivity contribution in [1.82, 2.24) is 4.72 Å². The topological polar surface area (TPSA) is 81.7 Å². The van der Waals surface area contributed by atoms with Gasteiger partial charge in [0.2, 0.25) is 10.0 Å². The first-order chi connectivity index (χ1) is 14.3. The lowest BCUT2D eigenvalue weighted by molar-refractivity contribution is 0.0000722.